The van der Waals surface area contributed by atoms with Crippen molar-refractivity contribution in [3.05, 3.63) is 101 Å². The molecule has 7 nitrogen and oxygen atoms in total. The fourth-order valence-corrected chi connectivity index (χ4v) is 3.96. The quantitative estimate of drug-likeness (QED) is 0.432. The number of hydrogen-bond acceptors (Lipinski definition) is 4. The predicted octanol–water partition coefficient (Wildman–Crippen LogP) is 4.13. The summed E-state index contributed by atoms with van der Waals surface area (Å²) >= 11 is 0. The fourth-order valence-electron chi connectivity index (χ4n) is 3.96. The van der Waals surface area contributed by atoms with E-state index in [9.17, 15) is 9.59 Å². The zero-order valence-corrected chi connectivity index (χ0v) is 17.8. The van der Waals surface area contributed by atoms with Crippen LogP contribution in [0.5, 0.6) is 5.75 Å². The number of nitrogens with two attached hydrogens (primary N) is 1. The first-order valence-electron chi connectivity index (χ1n) is 10.3. The zero-order valence-electron chi connectivity index (χ0n) is 17.8. The van der Waals surface area contributed by atoms with Crippen molar-refractivity contribution in [2.75, 3.05) is 7.11 Å². The van der Waals surface area contributed by atoms with E-state index in [1.807, 2.05) is 60.7 Å². The molecule has 0 aliphatic carbocycles. The van der Waals surface area contributed by atoms with Crippen LogP contribution in [-0.4, -0.2) is 27.6 Å². The Hall–Kier alpha value is -4.65. The maximum Gasteiger partial charge on any atom is 0.281 e. The van der Waals surface area contributed by atoms with Gasteiger partial charge in [0.25, 0.3) is 11.5 Å². The van der Waals surface area contributed by atoms with E-state index in [1.165, 1.54) is 4.52 Å². The average molecular weight is 436 g/mol. The second-order valence-electron chi connectivity index (χ2n) is 7.49. The summed E-state index contributed by atoms with van der Waals surface area (Å²) in [6, 6.07) is 26.1. The maximum atomic E-state index is 13.7. The molecule has 0 saturated carbocycles. The lowest BCUT2D eigenvalue weighted by Crippen LogP contribution is -2.25. The number of primary amides is 1. The standard InChI is InChI=1S/C26H20N4O3/c1-33-19-14-12-17(13-15-19)21-23(24(27)31)28-25-20(16-8-4-2-5-9-16)22(29-30(25)26(21)32)18-10-6-3-7-11-18/h2-15,29H,1H3,(H2,27,31). The van der Waals surface area contributed by atoms with Gasteiger partial charge in [-0.05, 0) is 23.3 Å². The van der Waals surface area contributed by atoms with Crippen LogP contribution in [0.15, 0.2) is 89.7 Å². The zero-order chi connectivity index (χ0) is 22.9. The molecule has 0 unspecified atom stereocenters. The second-order valence-corrected chi connectivity index (χ2v) is 7.49. The number of hydrogen-bond donors (Lipinski definition) is 2. The Labute approximate surface area is 189 Å². The van der Waals surface area contributed by atoms with Crippen molar-refractivity contribution in [3.63, 3.8) is 0 Å². The minimum Gasteiger partial charge on any atom is -0.497 e. The van der Waals surface area contributed by atoms with Crippen molar-refractivity contribution >= 4 is 11.6 Å². The molecule has 5 rings (SSSR count). The summed E-state index contributed by atoms with van der Waals surface area (Å²) in [5, 5.41) is 3.21. The highest BCUT2D eigenvalue weighted by atomic mass is 16.5. The number of rotatable bonds is 5. The van der Waals surface area contributed by atoms with Gasteiger partial charge in [0.1, 0.15) is 11.4 Å². The molecule has 5 aromatic rings. The van der Waals surface area contributed by atoms with Gasteiger partial charge in [-0.1, -0.05) is 72.8 Å². The molecule has 7 heteroatoms. The van der Waals surface area contributed by atoms with Gasteiger partial charge in [0.2, 0.25) is 0 Å². The number of nitrogens with zero attached hydrogens (tertiary/aromatic N) is 2. The number of ether oxygens (including phenoxy) is 1. The number of carbonyl (C=O) groups is 1. The largest absolute Gasteiger partial charge is 0.497 e. The summed E-state index contributed by atoms with van der Waals surface area (Å²) in [6.45, 7) is 0. The molecule has 0 bridgehead atoms. The van der Waals surface area contributed by atoms with Crippen LogP contribution in [0.25, 0.3) is 39.2 Å². The Morgan fingerprint density at radius 1 is 0.848 bits per heavy atom. The van der Waals surface area contributed by atoms with E-state index in [0.29, 0.717) is 28.2 Å². The van der Waals surface area contributed by atoms with Gasteiger partial charge in [-0.25, -0.2) is 4.98 Å². The van der Waals surface area contributed by atoms with Gasteiger partial charge < -0.3 is 10.5 Å². The number of amides is 1. The van der Waals surface area contributed by atoms with E-state index in [2.05, 4.69) is 10.1 Å². The lowest BCUT2D eigenvalue weighted by molar-refractivity contribution is 0.0996. The molecule has 0 saturated heterocycles. The van der Waals surface area contributed by atoms with Crippen molar-refractivity contribution in [2.45, 2.75) is 0 Å². The second kappa shape index (κ2) is 8.12. The Kier molecular flexibility index (Phi) is 4.99. The van der Waals surface area contributed by atoms with E-state index in [-0.39, 0.29) is 11.3 Å². The predicted molar refractivity (Wildman–Crippen MR) is 127 cm³/mol. The van der Waals surface area contributed by atoms with E-state index in [0.717, 1.165) is 11.1 Å². The van der Waals surface area contributed by atoms with Crippen LogP contribution in [0.1, 0.15) is 10.5 Å². The van der Waals surface area contributed by atoms with Crippen LogP contribution in [0.3, 0.4) is 0 Å². The summed E-state index contributed by atoms with van der Waals surface area (Å²) in [5.74, 6) is -0.145. The van der Waals surface area contributed by atoms with Crippen LogP contribution in [0, 0.1) is 0 Å². The van der Waals surface area contributed by atoms with Crippen LogP contribution < -0.4 is 16.0 Å². The molecule has 0 aliphatic heterocycles. The van der Waals surface area contributed by atoms with Crippen LogP contribution in [0.2, 0.25) is 0 Å². The Bertz CT molecular complexity index is 1520. The summed E-state index contributed by atoms with van der Waals surface area (Å²) < 4.78 is 6.58. The van der Waals surface area contributed by atoms with Crippen molar-refractivity contribution in [1.82, 2.24) is 14.6 Å². The van der Waals surface area contributed by atoms with Crippen LogP contribution in [0.4, 0.5) is 0 Å². The number of aromatic amines is 1. The maximum absolute atomic E-state index is 13.7. The van der Waals surface area contributed by atoms with Crippen LogP contribution >= 0.6 is 0 Å². The molecule has 2 aromatic heterocycles. The molecule has 3 aromatic carbocycles. The first kappa shape index (κ1) is 20.3. The fraction of sp³-hybridized carbons (Fsp3) is 0.0385. The summed E-state index contributed by atoms with van der Waals surface area (Å²) in [5.41, 5.74) is 9.33. The molecule has 0 spiro atoms. The van der Waals surface area contributed by atoms with E-state index >= 15 is 0 Å². The third-order valence-corrected chi connectivity index (χ3v) is 5.52. The van der Waals surface area contributed by atoms with E-state index < -0.39 is 11.5 Å². The number of nitrogens with one attached hydrogen (secondary N) is 1. The van der Waals surface area contributed by atoms with E-state index in [4.69, 9.17) is 10.5 Å². The molecule has 0 atom stereocenters. The van der Waals surface area contributed by atoms with Crippen molar-refractivity contribution in [1.29, 1.82) is 0 Å². The smallest absolute Gasteiger partial charge is 0.281 e. The molecule has 0 aliphatic rings. The molecular formula is C26H20N4O3. The molecular weight excluding hydrogens is 416 g/mol. The van der Waals surface area contributed by atoms with E-state index in [1.54, 1.807) is 31.4 Å². The highest BCUT2D eigenvalue weighted by Gasteiger charge is 2.24. The molecule has 3 N–H and O–H groups in total. The lowest BCUT2D eigenvalue weighted by Gasteiger charge is -2.08. The molecule has 0 radical (unpaired) electrons. The van der Waals surface area contributed by atoms with Crippen LogP contribution in [-0.2, 0) is 0 Å². The molecule has 0 fully saturated rings. The number of aromatic nitrogens is 3. The summed E-state index contributed by atoms with van der Waals surface area (Å²) in [4.78, 5) is 30.7. The number of methoxy groups -OCH3 is 1. The molecule has 1 amide bonds. The highest BCUT2D eigenvalue weighted by Crippen LogP contribution is 2.34. The van der Waals surface area contributed by atoms with Crippen molar-refractivity contribution in [3.8, 4) is 39.3 Å². The minimum absolute atomic E-state index is 0.0824. The van der Waals surface area contributed by atoms with Gasteiger partial charge >= 0.3 is 0 Å². The Balaban J connectivity index is 1.88. The van der Waals surface area contributed by atoms with Gasteiger partial charge in [0, 0.05) is 5.56 Å². The Morgan fingerprint density at radius 2 is 1.42 bits per heavy atom. The SMILES string of the molecule is COc1ccc(-c2c(C(N)=O)nc3c(-c4ccccc4)c(-c4ccccc4)[nH]n3c2=O)cc1. The summed E-state index contributed by atoms with van der Waals surface area (Å²) in [7, 11) is 1.56. The normalized spacial score (nSPS) is 10.9. The van der Waals surface area contributed by atoms with Gasteiger partial charge in [-0.3, -0.25) is 14.7 Å². The van der Waals surface area contributed by atoms with Crippen molar-refractivity contribution < 1.29 is 9.53 Å². The highest BCUT2D eigenvalue weighted by molar-refractivity contribution is 6.00. The van der Waals surface area contributed by atoms with Gasteiger partial charge in [0.15, 0.2) is 5.65 Å². The Morgan fingerprint density at radius 3 is 2.00 bits per heavy atom. The first-order chi connectivity index (χ1) is 16.1. The number of carbonyl (C=O) groups excluding carboxylic acids is 1. The van der Waals surface area contributed by atoms with Gasteiger partial charge in [-0.15, -0.1) is 0 Å². The minimum atomic E-state index is -0.776. The monoisotopic (exact) mass is 436 g/mol. The number of H-pyrrole nitrogens is 1. The van der Waals surface area contributed by atoms with Gasteiger partial charge in [-0.2, -0.15) is 4.52 Å². The van der Waals surface area contributed by atoms with Crippen molar-refractivity contribution in [2.24, 2.45) is 5.73 Å². The average Bonchev–Trinajstić information content (AvgIpc) is 3.25. The first-order valence-corrected chi connectivity index (χ1v) is 10.3. The molecule has 162 valence electrons. The number of benzene rings is 3. The summed E-state index contributed by atoms with van der Waals surface area (Å²) in [6.07, 6.45) is 0. The van der Waals surface area contributed by atoms with Gasteiger partial charge in [0.05, 0.1) is 23.9 Å². The number of fused-ring (bicyclic) bond motifs is 1. The third-order valence-electron chi connectivity index (χ3n) is 5.52. The third kappa shape index (κ3) is 3.45. The lowest BCUT2D eigenvalue weighted by atomic mass is 10.0. The topological polar surface area (TPSA) is 102 Å². The molecule has 33 heavy (non-hydrogen) atoms. The molecule has 2 heterocycles.